The molecule has 0 radical (unpaired) electrons. The summed E-state index contributed by atoms with van der Waals surface area (Å²) >= 11 is 6.09. The van der Waals surface area contributed by atoms with Crippen molar-refractivity contribution in [3.05, 3.63) is 65.2 Å². The second-order valence-corrected chi connectivity index (χ2v) is 6.19. The van der Waals surface area contributed by atoms with Crippen LogP contribution in [0.15, 0.2) is 48.7 Å². The quantitative estimate of drug-likeness (QED) is 0.648. The summed E-state index contributed by atoms with van der Waals surface area (Å²) in [5, 5.41) is 6.00. The largest absolute Gasteiger partial charge is 0.351 e. The van der Waals surface area contributed by atoms with E-state index in [9.17, 15) is 9.59 Å². The lowest BCUT2D eigenvalue weighted by Gasteiger charge is -2.06. The van der Waals surface area contributed by atoms with Crippen LogP contribution in [0.2, 0.25) is 5.02 Å². The molecule has 3 rings (SSSR count). The van der Waals surface area contributed by atoms with Crippen LogP contribution in [0.4, 0.5) is 5.69 Å². The number of aromatic nitrogens is 2. The standard InChI is InChI=1S/C19H19ClN4O2/c1-2-3-11-21-18(25)16-15-10-6-7-12-24(15)17(23-16)19(26)22-14-9-5-4-8-13(14)20/h4-10,12H,2-3,11H2,1H3,(H,21,25)(H,22,26). The predicted molar refractivity (Wildman–Crippen MR) is 102 cm³/mol. The summed E-state index contributed by atoms with van der Waals surface area (Å²) < 4.78 is 1.60. The number of hydrogen-bond acceptors (Lipinski definition) is 3. The summed E-state index contributed by atoms with van der Waals surface area (Å²) in [6.07, 6.45) is 3.57. The van der Waals surface area contributed by atoms with Crippen molar-refractivity contribution >= 4 is 34.6 Å². The van der Waals surface area contributed by atoms with E-state index in [-0.39, 0.29) is 17.4 Å². The van der Waals surface area contributed by atoms with Crippen LogP contribution in [-0.4, -0.2) is 27.7 Å². The van der Waals surface area contributed by atoms with Gasteiger partial charge in [-0.1, -0.05) is 43.1 Å². The van der Waals surface area contributed by atoms with E-state index in [4.69, 9.17) is 11.6 Å². The van der Waals surface area contributed by atoms with Crippen LogP contribution < -0.4 is 10.6 Å². The number of pyridine rings is 1. The Morgan fingerprint density at radius 2 is 1.88 bits per heavy atom. The molecule has 0 aliphatic rings. The van der Waals surface area contributed by atoms with Crippen LogP contribution >= 0.6 is 11.6 Å². The topological polar surface area (TPSA) is 75.5 Å². The van der Waals surface area contributed by atoms with Crippen LogP contribution in [0.5, 0.6) is 0 Å². The zero-order valence-electron chi connectivity index (χ0n) is 14.3. The maximum Gasteiger partial charge on any atom is 0.292 e. The molecule has 2 amide bonds. The van der Waals surface area contributed by atoms with Crippen molar-refractivity contribution in [3.63, 3.8) is 0 Å². The molecule has 134 valence electrons. The Morgan fingerprint density at radius 3 is 2.65 bits per heavy atom. The van der Waals surface area contributed by atoms with E-state index in [1.165, 1.54) is 0 Å². The Kier molecular flexibility index (Phi) is 5.53. The first-order valence-electron chi connectivity index (χ1n) is 8.43. The van der Waals surface area contributed by atoms with Gasteiger partial charge in [0.05, 0.1) is 16.2 Å². The highest BCUT2D eigenvalue weighted by Crippen LogP contribution is 2.22. The van der Waals surface area contributed by atoms with Gasteiger partial charge in [0.2, 0.25) is 5.82 Å². The third-order valence-electron chi connectivity index (χ3n) is 3.90. The minimum atomic E-state index is -0.438. The minimum Gasteiger partial charge on any atom is -0.351 e. The van der Waals surface area contributed by atoms with E-state index in [2.05, 4.69) is 22.5 Å². The number of amides is 2. The molecule has 6 nitrogen and oxygen atoms in total. The van der Waals surface area contributed by atoms with Gasteiger partial charge in [-0.15, -0.1) is 0 Å². The monoisotopic (exact) mass is 370 g/mol. The molecule has 0 atom stereocenters. The van der Waals surface area contributed by atoms with Gasteiger partial charge in [-0.05, 0) is 30.7 Å². The highest BCUT2D eigenvalue weighted by Gasteiger charge is 2.21. The maximum atomic E-state index is 12.7. The van der Waals surface area contributed by atoms with Crippen LogP contribution in [-0.2, 0) is 0 Å². The average Bonchev–Trinajstić information content (AvgIpc) is 3.04. The van der Waals surface area contributed by atoms with Gasteiger partial charge < -0.3 is 10.6 Å². The highest BCUT2D eigenvalue weighted by atomic mass is 35.5. The predicted octanol–water partition coefficient (Wildman–Crippen LogP) is 3.77. The van der Waals surface area contributed by atoms with Gasteiger partial charge in [0, 0.05) is 12.7 Å². The SMILES string of the molecule is CCCCNC(=O)c1nc(C(=O)Nc2ccccc2Cl)n2ccccc12. The number of carbonyl (C=O) groups is 2. The molecule has 0 unspecified atom stereocenters. The van der Waals surface area contributed by atoms with Crippen LogP contribution in [0.25, 0.3) is 5.52 Å². The molecular formula is C19H19ClN4O2. The molecule has 3 aromatic rings. The highest BCUT2D eigenvalue weighted by molar-refractivity contribution is 6.33. The van der Waals surface area contributed by atoms with Crippen molar-refractivity contribution < 1.29 is 9.59 Å². The molecule has 0 fully saturated rings. The molecule has 26 heavy (non-hydrogen) atoms. The number of nitrogens with zero attached hydrogens (tertiary/aromatic N) is 2. The maximum absolute atomic E-state index is 12.7. The zero-order chi connectivity index (χ0) is 18.5. The Morgan fingerprint density at radius 1 is 1.12 bits per heavy atom. The van der Waals surface area contributed by atoms with Crippen LogP contribution in [0, 0.1) is 0 Å². The third kappa shape index (κ3) is 3.70. The normalized spacial score (nSPS) is 10.7. The minimum absolute atomic E-state index is 0.126. The van der Waals surface area contributed by atoms with E-state index in [1.54, 1.807) is 53.1 Å². The van der Waals surface area contributed by atoms with Crippen molar-refractivity contribution in [1.29, 1.82) is 0 Å². The smallest absolute Gasteiger partial charge is 0.292 e. The summed E-state index contributed by atoms with van der Waals surface area (Å²) in [6, 6.07) is 12.3. The lowest BCUT2D eigenvalue weighted by molar-refractivity contribution is 0.0950. The fourth-order valence-corrected chi connectivity index (χ4v) is 2.75. The van der Waals surface area contributed by atoms with E-state index >= 15 is 0 Å². The number of fused-ring (bicyclic) bond motifs is 1. The molecule has 1 aromatic carbocycles. The number of hydrogen-bond donors (Lipinski definition) is 2. The van der Waals surface area contributed by atoms with Gasteiger partial charge in [0.1, 0.15) is 0 Å². The Balaban J connectivity index is 1.92. The van der Waals surface area contributed by atoms with Gasteiger partial charge >= 0.3 is 0 Å². The molecule has 0 saturated heterocycles. The lowest BCUT2D eigenvalue weighted by Crippen LogP contribution is -2.25. The number of imidazole rings is 1. The summed E-state index contributed by atoms with van der Waals surface area (Å²) in [6.45, 7) is 2.62. The van der Waals surface area contributed by atoms with Crippen molar-refractivity contribution in [3.8, 4) is 0 Å². The fraction of sp³-hybridized carbons (Fsp3) is 0.211. The first-order valence-corrected chi connectivity index (χ1v) is 8.80. The second kappa shape index (κ2) is 8.01. The van der Waals surface area contributed by atoms with Gasteiger partial charge in [-0.2, -0.15) is 0 Å². The molecule has 7 heteroatoms. The summed E-state index contributed by atoms with van der Waals surface area (Å²) in [5.74, 6) is -0.605. The number of halogens is 1. The summed E-state index contributed by atoms with van der Waals surface area (Å²) in [7, 11) is 0. The van der Waals surface area contributed by atoms with Crippen molar-refractivity contribution in [1.82, 2.24) is 14.7 Å². The number of para-hydroxylation sites is 1. The molecule has 0 aliphatic heterocycles. The molecule has 0 aliphatic carbocycles. The van der Waals surface area contributed by atoms with E-state index < -0.39 is 5.91 Å². The van der Waals surface area contributed by atoms with Crippen LogP contribution in [0.1, 0.15) is 40.9 Å². The molecule has 0 bridgehead atoms. The molecule has 0 spiro atoms. The number of unbranched alkanes of at least 4 members (excludes halogenated alkanes) is 1. The Hall–Kier alpha value is -2.86. The molecular weight excluding hydrogens is 352 g/mol. The Bertz CT molecular complexity index is 952. The van der Waals surface area contributed by atoms with Gasteiger partial charge in [-0.25, -0.2) is 4.98 Å². The number of benzene rings is 1. The Labute approximate surface area is 156 Å². The summed E-state index contributed by atoms with van der Waals surface area (Å²) in [4.78, 5) is 29.4. The number of carbonyl (C=O) groups excluding carboxylic acids is 2. The van der Waals surface area contributed by atoms with E-state index in [0.717, 1.165) is 12.8 Å². The molecule has 0 saturated carbocycles. The molecule has 2 aromatic heterocycles. The zero-order valence-corrected chi connectivity index (χ0v) is 15.1. The van der Waals surface area contributed by atoms with E-state index in [0.29, 0.717) is 22.8 Å². The lowest BCUT2D eigenvalue weighted by atomic mass is 10.3. The molecule has 2 heterocycles. The average molecular weight is 371 g/mol. The number of anilines is 1. The van der Waals surface area contributed by atoms with Gasteiger partial charge in [0.15, 0.2) is 5.69 Å². The number of nitrogens with one attached hydrogen (secondary N) is 2. The van der Waals surface area contributed by atoms with Crippen molar-refractivity contribution in [2.24, 2.45) is 0 Å². The van der Waals surface area contributed by atoms with Gasteiger partial charge in [-0.3, -0.25) is 14.0 Å². The summed E-state index contributed by atoms with van der Waals surface area (Å²) in [5.41, 5.74) is 1.29. The van der Waals surface area contributed by atoms with Gasteiger partial charge in [0.25, 0.3) is 11.8 Å². The number of rotatable bonds is 6. The van der Waals surface area contributed by atoms with E-state index in [1.807, 2.05) is 0 Å². The van der Waals surface area contributed by atoms with Crippen LogP contribution in [0.3, 0.4) is 0 Å². The second-order valence-electron chi connectivity index (χ2n) is 5.78. The fourth-order valence-electron chi connectivity index (χ4n) is 2.57. The third-order valence-corrected chi connectivity index (χ3v) is 4.23. The first kappa shape index (κ1) is 17.9. The van der Waals surface area contributed by atoms with Crippen molar-refractivity contribution in [2.45, 2.75) is 19.8 Å². The van der Waals surface area contributed by atoms with Crippen molar-refractivity contribution in [2.75, 3.05) is 11.9 Å². The molecule has 2 N–H and O–H groups in total. The first-order chi connectivity index (χ1) is 12.6.